The van der Waals surface area contributed by atoms with Crippen molar-refractivity contribution in [2.24, 2.45) is 5.41 Å². The maximum atomic E-state index is 12.8. The third-order valence-electron chi connectivity index (χ3n) is 5.71. The minimum atomic E-state index is -0.512. The quantitative estimate of drug-likeness (QED) is 0.789. The van der Waals surface area contributed by atoms with E-state index < -0.39 is 12.1 Å². The Morgan fingerprint density at radius 1 is 1.15 bits per heavy atom. The highest BCUT2D eigenvalue weighted by atomic mass is 16.5. The first-order valence-electron chi connectivity index (χ1n) is 9.25. The average molecular weight is 374 g/mol. The molecule has 3 rings (SSSR count). The van der Waals surface area contributed by atoms with Gasteiger partial charge in [-0.15, -0.1) is 0 Å². The fraction of sp³-hybridized carbons (Fsp3) is 0.550. The molecule has 27 heavy (non-hydrogen) atoms. The highest BCUT2D eigenvalue weighted by Crippen LogP contribution is 2.40. The van der Waals surface area contributed by atoms with E-state index in [-0.39, 0.29) is 17.2 Å². The van der Waals surface area contributed by atoms with Crippen LogP contribution in [-0.4, -0.2) is 72.1 Å². The summed E-state index contributed by atoms with van der Waals surface area (Å²) >= 11 is 0. The van der Waals surface area contributed by atoms with Crippen LogP contribution in [0, 0.1) is 5.41 Å². The number of carbonyl (C=O) groups is 3. The number of piperidine rings is 2. The molecule has 2 saturated heterocycles. The molecule has 1 aromatic rings. The first-order chi connectivity index (χ1) is 12.8. The Bertz CT molecular complexity index is 740. The monoisotopic (exact) mass is 374 g/mol. The number of benzene rings is 1. The topological polar surface area (TPSA) is 87.2 Å². The molecule has 1 N–H and O–H groups in total. The molecular formula is C20H26N2O5. The number of rotatable bonds is 2. The van der Waals surface area contributed by atoms with E-state index in [0.29, 0.717) is 43.7 Å². The minimum Gasteiger partial charge on any atom is -0.465 e. The molecule has 0 radical (unpaired) electrons. The summed E-state index contributed by atoms with van der Waals surface area (Å²) < 4.78 is 4.71. The van der Waals surface area contributed by atoms with E-state index >= 15 is 0 Å². The molecule has 1 atom stereocenters. The lowest BCUT2D eigenvalue weighted by Gasteiger charge is -2.49. The van der Waals surface area contributed by atoms with E-state index in [1.807, 2.05) is 0 Å². The van der Waals surface area contributed by atoms with Crippen LogP contribution >= 0.6 is 0 Å². The van der Waals surface area contributed by atoms with Gasteiger partial charge in [-0.1, -0.05) is 6.07 Å². The molecule has 0 bridgehead atoms. The summed E-state index contributed by atoms with van der Waals surface area (Å²) in [4.78, 5) is 39.8. The van der Waals surface area contributed by atoms with Crippen molar-refractivity contribution in [2.75, 3.05) is 33.3 Å². The third-order valence-corrected chi connectivity index (χ3v) is 5.71. The molecule has 0 aromatic heterocycles. The number of aliphatic hydroxyl groups excluding tert-OH is 1. The molecule has 0 aliphatic carbocycles. The standard InChI is InChI=1S/C20H26N2O5/c1-14(23)22-12-17(24)11-20(13-22)6-8-21(9-7-20)18(25)15-4-3-5-16(10-15)19(26)27-2/h3-5,10,17,24H,6-9,11-13H2,1-2H3. The molecule has 1 aromatic carbocycles. The maximum absolute atomic E-state index is 12.8. The van der Waals surface area contributed by atoms with Gasteiger partial charge in [-0.25, -0.2) is 4.79 Å². The average Bonchev–Trinajstić information content (AvgIpc) is 2.67. The number of esters is 1. The number of likely N-dealkylation sites (tertiary alicyclic amines) is 2. The van der Waals surface area contributed by atoms with Crippen LogP contribution in [0.2, 0.25) is 0 Å². The molecule has 7 nitrogen and oxygen atoms in total. The normalized spacial score (nSPS) is 21.8. The summed E-state index contributed by atoms with van der Waals surface area (Å²) in [5, 5.41) is 10.2. The summed E-state index contributed by atoms with van der Waals surface area (Å²) in [6.45, 7) is 3.69. The van der Waals surface area contributed by atoms with E-state index in [1.54, 1.807) is 34.1 Å². The number of methoxy groups -OCH3 is 1. The van der Waals surface area contributed by atoms with Gasteiger partial charge < -0.3 is 19.6 Å². The van der Waals surface area contributed by atoms with Gasteiger partial charge in [-0.05, 0) is 42.9 Å². The minimum absolute atomic E-state index is 0.0220. The van der Waals surface area contributed by atoms with Crippen LogP contribution in [0.25, 0.3) is 0 Å². The number of aliphatic hydroxyl groups is 1. The van der Waals surface area contributed by atoms with Crippen LogP contribution in [0.3, 0.4) is 0 Å². The van der Waals surface area contributed by atoms with Gasteiger partial charge >= 0.3 is 5.97 Å². The van der Waals surface area contributed by atoms with Crippen LogP contribution in [0.1, 0.15) is 46.9 Å². The van der Waals surface area contributed by atoms with Crippen molar-refractivity contribution >= 4 is 17.8 Å². The lowest BCUT2D eigenvalue weighted by Crippen LogP contribution is -2.55. The Morgan fingerprint density at radius 3 is 2.44 bits per heavy atom. The second-order valence-electron chi connectivity index (χ2n) is 7.62. The van der Waals surface area contributed by atoms with Crippen LogP contribution < -0.4 is 0 Å². The highest BCUT2D eigenvalue weighted by molar-refractivity contribution is 5.98. The van der Waals surface area contributed by atoms with E-state index in [1.165, 1.54) is 14.0 Å². The number of amides is 2. The van der Waals surface area contributed by atoms with E-state index in [4.69, 9.17) is 4.74 Å². The molecule has 1 spiro atoms. The molecule has 1 unspecified atom stereocenters. The van der Waals surface area contributed by atoms with Crippen molar-refractivity contribution in [2.45, 2.75) is 32.3 Å². The molecule has 2 fully saturated rings. The number of nitrogens with zero attached hydrogens (tertiary/aromatic N) is 2. The number of hydrogen-bond acceptors (Lipinski definition) is 5. The first kappa shape index (κ1) is 19.4. The van der Waals surface area contributed by atoms with Gasteiger partial charge in [-0.2, -0.15) is 0 Å². The second-order valence-corrected chi connectivity index (χ2v) is 7.62. The van der Waals surface area contributed by atoms with Crippen LogP contribution in [-0.2, 0) is 9.53 Å². The molecule has 2 aliphatic heterocycles. The summed E-state index contributed by atoms with van der Waals surface area (Å²) in [5.41, 5.74) is 0.681. The number of β-amino-alcohol motifs (C(OH)–C–C–N with tert-alkyl or cyclic N) is 1. The van der Waals surface area contributed by atoms with Crippen molar-refractivity contribution in [3.8, 4) is 0 Å². The lowest BCUT2D eigenvalue weighted by atomic mass is 9.71. The number of ether oxygens (including phenoxy) is 1. The third kappa shape index (κ3) is 4.13. The van der Waals surface area contributed by atoms with Crippen molar-refractivity contribution in [1.29, 1.82) is 0 Å². The summed E-state index contributed by atoms with van der Waals surface area (Å²) in [6.07, 6.45) is 1.64. The van der Waals surface area contributed by atoms with Gasteiger partial charge in [0.25, 0.3) is 5.91 Å². The van der Waals surface area contributed by atoms with Gasteiger partial charge in [0, 0.05) is 38.7 Å². The second kappa shape index (κ2) is 7.68. The number of hydrogen-bond donors (Lipinski definition) is 1. The molecular weight excluding hydrogens is 348 g/mol. The van der Waals surface area contributed by atoms with Gasteiger partial charge in [-0.3, -0.25) is 9.59 Å². The van der Waals surface area contributed by atoms with Crippen LogP contribution in [0.4, 0.5) is 0 Å². The predicted molar refractivity (Wildman–Crippen MR) is 98.2 cm³/mol. The molecule has 7 heteroatoms. The largest absolute Gasteiger partial charge is 0.465 e. The van der Waals surface area contributed by atoms with Crippen LogP contribution in [0.5, 0.6) is 0 Å². The van der Waals surface area contributed by atoms with Crippen LogP contribution in [0.15, 0.2) is 24.3 Å². The predicted octanol–water partition coefficient (Wildman–Crippen LogP) is 1.31. The first-order valence-corrected chi connectivity index (χ1v) is 9.25. The van der Waals surface area contributed by atoms with Crippen molar-refractivity contribution in [3.05, 3.63) is 35.4 Å². The molecule has 0 saturated carbocycles. The Kier molecular flexibility index (Phi) is 5.51. The molecule has 146 valence electrons. The summed E-state index contributed by atoms with van der Waals surface area (Å²) in [5.74, 6) is -0.607. The smallest absolute Gasteiger partial charge is 0.337 e. The Balaban J connectivity index is 1.67. The van der Waals surface area contributed by atoms with E-state index in [9.17, 15) is 19.5 Å². The van der Waals surface area contributed by atoms with Crippen molar-refractivity contribution < 1.29 is 24.2 Å². The van der Waals surface area contributed by atoms with E-state index in [2.05, 4.69) is 0 Å². The number of carbonyl (C=O) groups excluding carboxylic acids is 3. The van der Waals surface area contributed by atoms with Gasteiger partial charge in [0.05, 0.1) is 18.8 Å². The van der Waals surface area contributed by atoms with Gasteiger partial charge in [0.1, 0.15) is 0 Å². The lowest BCUT2D eigenvalue weighted by molar-refractivity contribution is -0.137. The van der Waals surface area contributed by atoms with Gasteiger partial charge in [0.15, 0.2) is 0 Å². The SMILES string of the molecule is COC(=O)c1cccc(C(=O)N2CCC3(CC2)CC(O)CN(C(C)=O)C3)c1. The highest BCUT2D eigenvalue weighted by Gasteiger charge is 2.43. The zero-order valence-corrected chi connectivity index (χ0v) is 15.8. The zero-order chi connectivity index (χ0) is 19.6. The fourth-order valence-electron chi connectivity index (χ4n) is 4.22. The molecule has 2 amide bonds. The van der Waals surface area contributed by atoms with Crippen molar-refractivity contribution in [1.82, 2.24) is 9.80 Å². The zero-order valence-electron chi connectivity index (χ0n) is 15.8. The summed E-state index contributed by atoms with van der Waals surface area (Å²) in [7, 11) is 1.31. The Morgan fingerprint density at radius 2 is 1.81 bits per heavy atom. The van der Waals surface area contributed by atoms with E-state index in [0.717, 1.165) is 12.8 Å². The Hall–Kier alpha value is -2.41. The summed E-state index contributed by atoms with van der Waals surface area (Å²) in [6, 6.07) is 6.54. The molecule has 2 aliphatic rings. The maximum Gasteiger partial charge on any atom is 0.337 e. The molecule has 2 heterocycles. The Labute approximate surface area is 158 Å². The van der Waals surface area contributed by atoms with Gasteiger partial charge in [0.2, 0.25) is 5.91 Å². The van der Waals surface area contributed by atoms with Crippen molar-refractivity contribution in [3.63, 3.8) is 0 Å². The fourth-order valence-corrected chi connectivity index (χ4v) is 4.22.